The third-order valence-electron chi connectivity index (χ3n) is 3.49. The van der Waals surface area contributed by atoms with E-state index in [1.54, 1.807) is 18.2 Å². The lowest BCUT2D eigenvalue weighted by Crippen LogP contribution is -2.57. The molecule has 1 amide bonds. The highest BCUT2D eigenvalue weighted by atomic mass is 35.5. The third-order valence-corrected chi connectivity index (χ3v) is 3.72. The minimum absolute atomic E-state index is 0.178. The van der Waals surface area contributed by atoms with Crippen LogP contribution in [0, 0.1) is 11.6 Å². The molecule has 6 nitrogen and oxygen atoms in total. The Hall–Kier alpha value is -2.71. The standard InChI is InChI=1S/C15H12ClF2N5O/c16-9-4-1-3-8(7-9)15(20)21-14(19)22-23(15)13(24)12-10(17)5-2-6-11(12)18/h1-7H,20H2,(H3,19,21,22). The van der Waals surface area contributed by atoms with E-state index in [2.05, 4.69) is 10.4 Å². The van der Waals surface area contributed by atoms with Crippen molar-refractivity contribution < 1.29 is 13.6 Å². The van der Waals surface area contributed by atoms with Gasteiger partial charge in [0.2, 0.25) is 11.7 Å². The minimum atomic E-state index is -1.80. The van der Waals surface area contributed by atoms with Crippen LogP contribution in [-0.2, 0) is 5.79 Å². The second-order valence-corrected chi connectivity index (χ2v) is 5.52. The van der Waals surface area contributed by atoms with Crippen molar-refractivity contribution in [3.8, 4) is 0 Å². The summed E-state index contributed by atoms with van der Waals surface area (Å²) < 4.78 is 27.8. The SMILES string of the molecule is NC1=NC(N)(c2cccc(Cl)c2)N(C(=O)c2c(F)cccc2F)N1. The van der Waals surface area contributed by atoms with E-state index >= 15 is 0 Å². The second-order valence-electron chi connectivity index (χ2n) is 5.08. The smallest absolute Gasteiger partial charge is 0.281 e. The quantitative estimate of drug-likeness (QED) is 0.766. The molecular formula is C15H12ClF2N5O. The van der Waals surface area contributed by atoms with E-state index in [9.17, 15) is 13.6 Å². The Morgan fingerprint density at radius 3 is 2.46 bits per heavy atom. The van der Waals surface area contributed by atoms with E-state index in [0.717, 1.165) is 23.2 Å². The van der Waals surface area contributed by atoms with Gasteiger partial charge in [0.25, 0.3) is 5.91 Å². The van der Waals surface area contributed by atoms with E-state index in [0.29, 0.717) is 10.6 Å². The molecule has 124 valence electrons. The van der Waals surface area contributed by atoms with Crippen molar-refractivity contribution in [3.63, 3.8) is 0 Å². The average molecular weight is 352 g/mol. The molecule has 1 heterocycles. The van der Waals surface area contributed by atoms with Crippen LogP contribution in [0.3, 0.4) is 0 Å². The van der Waals surface area contributed by atoms with Crippen LogP contribution in [0.4, 0.5) is 8.78 Å². The first-order chi connectivity index (χ1) is 11.3. The van der Waals surface area contributed by atoms with Crippen molar-refractivity contribution in [1.82, 2.24) is 10.4 Å². The molecule has 0 saturated heterocycles. The normalized spacial score (nSPS) is 19.8. The molecule has 0 fully saturated rings. The number of hydrogen-bond acceptors (Lipinski definition) is 5. The van der Waals surface area contributed by atoms with E-state index in [4.69, 9.17) is 23.1 Å². The van der Waals surface area contributed by atoms with Crippen molar-refractivity contribution in [3.05, 3.63) is 70.2 Å². The van der Waals surface area contributed by atoms with Gasteiger partial charge in [0, 0.05) is 10.6 Å². The van der Waals surface area contributed by atoms with Gasteiger partial charge in [-0.2, -0.15) is 0 Å². The maximum atomic E-state index is 13.9. The molecule has 2 aromatic carbocycles. The average Bonchev–Trinajstić information content (AvgIpc) is 2.83. The van der Waals surface area contributed by atoms with Gasteiger partial charge in [-0.25, -0.2) is 18.8 Å². The number of rotatable bonds is 2. The highest BCUT2D eigenvalue weighted by molar-refractivity contribution is 6.30. The fraction of sp³-hybridized carbons (Fsp3) is 0.0667. The summed E-state index contributed by atoms with van der Waals surface area (Å²) in [6.45, 7) is 0. The van der Waals surface area contributed by atoms with Gasteiger partial charge in [0.05, 0.1) is 0 Å². The molecule has 2 aromatic rings. The fourth-order valence-electron chi connectivity index (χ4n) is 2.39. The topological polar surface area (TPSA) is 96.7 Å². The number of halogens is 3. The van der Waals surface area contributed by atoms with E-state index < -0.39 is 28.9 Å². The van der Waals surface area contributed by atoms with Gasteiger partial charge in [0.15, 0.2) is 0 Å². The van der Waals surface area contributed by atoms with Crippen LogP contribution in [0.1, 0.15) is 15.9 Å². The predicted octanol–water partition coefficient (Wildman–Crippen LogP) is 1.66. The van der Waals surface area contributed by atoms with Crippen molar-refractivity contribution in [2.45, 2.75) is 5.79 Å². The van der Waals surface area contributed by atoms with E-state index in [1.807, 2.05) is 0 Å². The summed E-state index contributed by atoms with van der Waals surface area (Å²) >= 11 is 5.94. The lowest BCUT2D eigenvalue weighted by Gasteiger charge is -2.32. The minimum Gasteiger partial charge on any atom is -0.368 e. The number of nitrogens with two attached hydrogens (primary N) is 2. The van der Waals surface area contributed by atoms with E-state index in [-0.39, 0.29) is 5.96 Å². The Morgan fingerprint density at radius 1 is 1.21 bits per heavy atom. The summed E-state index contributed by atoms with van der Waals surface area (Å²) in [5.74, 6) is -5.10. The molecule has 24 heavy (non-hydrogen) atoms. The van der Waals surface area contributed by atoms with Gasteiger partial charge in [-0.15, -0.1) is 0 Å². The molecule has 3 rings (SSSR count). The van der Waals surface area contributed by atoms with Crippen LogP contribution < -0.4 is 16.9 Å². The van der Waals surface area contributed by atoms with E-state index in [1.165, 1.54) is 6.07 Å². The first kappa shape index (κ1) is 16.2. The van der Waals surface area contributed by atoms with Crippen molar-refractivity contribution in [1.29, 1.82) is 0 Å². The number of nitrogens with zero attached hydrogens (tertiary/aromatic N) is 2. The number of carbonyl (C=O) groups excluding carboxylic acids is 1. The Morgan fingerprint density at radius 2 is 1.83 bits per heavy atom. The molecule has 0 aromatic heterocycles. The molecule has 0 bridgehead atoms. The summed E-state index contributed by atoms with van der Waals surface area (Å²) in [4.78, 5) is 16.6. The Bertz CT molecular complexity index is 839. The molecule has 1 atom stereocenters. The van der Waals surface area contributed by atoms with Crippen LogP contribution >= 0.6 is 11.6 Å². The summed E-state index contributed by atoms with van der Waals surface area (Å²) in [7, 11) is 0. The zero-order chi connectivity index (χ0) is 17.5. The number of nitrogens with one attached hydrogen (secondary N) is 1. The number of hydrogen-bond donors (Lipinski definition) is 3. The van der Waals surface area contributed by atoms with Gasteiger partial charge < -0.3 is 5.73 Å². The number of aliphatic imine (C=N–C) groups is 1. The maximum absolute atomic E-state index is 13.9. The molecule has 5 N–H and O–H groups in total. The van der Waals surface area contributed by atoms with Crippen LogP contribution in [0.5, 0.6) is 0 Å². The molecule has 9 heteroatoms. The van der Waals surface area contributed by atoms with Crippen molar-refractivity contribution in [2.24, 2.45) is 16.5 Å². The summed E-state index contributed by atoms with van der Waals surface area (Å²) in [6.07, 6.45) is 0. The largest absolute Gasteiger partial charge is 0.368 e. The van der Waals surface area contributed by atoms with Crippen LogP contribution in [0.25, 0.3) is 0 Å². The molecule has 1 aliphatic rings. The summed E-state index contributed by atoms with van der Waals surface area (Å²) in [5, 5.41) is 1.11. The molecule has 0 aliphatic carbocycles. The van der Waals surface area contributed by atoms with Gasteiger partial charge >= 0.3 is 0 Å². The highest BCUT2D eigenvalue weighted by Gasteiger charge is 2.45. The molecule has 0 spiro atoms. The van der Waals surface area contributed by atoms with Gasteiger partial charge in [-0.05, 0) is 24.3 Å². The highest BCUT2D eigenvalue weighted by Crippen LogP contribution is 2.30. The molecular weight excluding hydrogens is 340 g/mol. The molecule has 0 radical (unpaired) electrons. The summed E-state index contributed by atoms with van der Waals surface area (Å²) in [5.41, 5.74) is 13.8. The number of carbonyl (C=O) groups is 1. The Balaban J connectivity index is 2.09. The van der Waals surface area contributed by atoms with Gasteiger partial charge in [-0.1, -0.05) is 29.8 Å². The second kappa shape index (κ2) is 5.73. The Labute approximate surface area is 140 Å². The molecule has 1 aliphatic heterocycles. The van der Waals surface area contributed by atoms with Gasteiger partial charge in [0.1, 0.15) is 17.2 Å². The van der Waals surface area contributed by atoms with Crippen LogP contribution in [-0.4, -0.2) is 16.9 Å². The first-order valence-corrected chi connectivity index (χ1v) is 7.16. The zero-order valence-corrected chi connectivity index (χ0v) is 12.9. The molecule has 0 saturated carbocycles. The van der Waals surface area contributed by atoms with Gasteiger partial charge in [-0.3, -0.25) is 16.0 Å². The molecule has 1 unspecified atom stereocenters. The number of amides is 1. The van der Waals surface area contributed by atoms with Crippen LogP contribution in [0.2, 0.25) is 5.02 Å². The number of guanidine groups is 1. The predicted molar refractivity (Wildman–Crippen MR) is 84.6 cm³/mol. The monoisotopic (exact) mass is 351 g/mol. The summed E-state index contributed by atoms with van der Waals surface area (Å²) in [6, 6.07) is 9.32. The lowest BCUT2D eigenvalue weighted by atomic mass is 10.1. The van der Waals surface area contributed by atoms with Crippen LogP contribution in [0.15, 0.2) is 47.5 Å². The van der Waals surface area contributed by atoms with Crippen molar-refractivity contribution >= 4 is 23.5 Å². The zero-order valence-electron chi connectivity index (χ0n) is 12.1. The lowest BCUT2D eigenvalue weighted by molar-refractivity contribution is 0.0448. The van der Waals surface area contributed by atoms with Crippen molar-refractivity contribution in [2.75, 3.05) is 0 Å². The maximum Gasteiger partial charge on any atom is 0.281 e. The first-order valence-electron chi connectivity index (χ1n) is 6.78. The number of hydrazine groups is 1. The number of benzene rings is 2. The third kappa shape index (κ3) is 2.55. The Kier molecular flexibility index (Phi) is 3.86. The fourth-order valence-corrected chi connectivity index (χ4v) is 2.58.